The average molecular weight is 1070 g/mol. The summed E-state index contributed by atoms with van der Waals surface area (Å²) in [5.74, 6) is 0. The van der Waals surface area contributed by atoms with Crippen molar-refractivity contribution in [2.45, 2.75) is 296 Å². The number of unbranched alkanes of at least 4 members (excludes halogenated alkanes) is 38. The Kier molecular flexibility index (Phi) is 29.0. The minimum absolute atomic E-state index is 0.0477. The van der Waals surface area contributed by atoms with Crippen molar-refractivity contribution in [2.75, 3.05) is 0 Å². The fraction of sp³-hybridized carbons (Fsp3) is 0.697. The highest BCUT2D eigenvalue weighted by Gasteiger charge is 2.32. The standard InChI is InChI=1S/C66H98F6N2O2/c1-3-5-7-9-11-13-15-17-19-21-23-25-27-29-31-33-35-37-39-41-47-73-59-45-43-53(65(67,68)69)49-55(59)63(75)57-52-62-58(51-61(57)73)64(76)56-50-54(66(70,71)72)44-46-60(56)74(62)48-42-40-38-36-34-32-30-28-26-24-22-20-18-16-14-12-10-8-6-4-2/h43-46,49-52H,3-42,47-48H2,1-2H3. The molecule has 76 heavy (non-hydrogen) atoms. The van der Waals surface area contributed by atoms with E-state index in [2.05, 4.69) is 13.8 Å². The second-order valence-corrected chi connectivity index (χ2v) is 22.7. The van der Waals surface area contributed by atoms with Crippen molar-refractivity contribution in [3.63, 3.8) is 0 Å². The Morgan fingerprint density at radius 3 is 0.724 bits per heavy atom. The van der Waals surface area contributed by atoms with Crippen molar-refractivity contribution in [3.8, 4) is 0 Å². The molecule has 2 aromatic heterocycles. The van der Waals surface area contributed by atoms with Crippen LogP contribution in [0.25, 0.3) is 43.6 Å². The highest BCUT2D eigenvalue weighted by atomic mass is 19.4. The predicted molar refractivity (Wildman–Crippen MR) is 311 cm³/mol. The van der Waals surface area contributed by atoms with Crippen LogP contribution in [0.5, 0.6) is 0 Å². The van der Waals surface area contributed by atoms with Gasteiger partial charge in [0.2, 0.25) is 0 Å². The molecule has 0 bridgehead atoms. The van der Waals surface area contributed by atoms with Gasteiger partial charge in [-0.2, -0.15) is 26.3 Å². The number of halogens is 6. The van der Waals surface area contributed by atoms with Crippen LogP contribution in [0.1, 0.15) is 282 Å². The van der Waals surface area contributed by atoms with E-state index >= 15 is 0 Å². The van der Waals surface area contributed by atoms with E-state index < -0.39 is 34.3 Å². The minimum Gasteiger partial charge on any atom is -0.340 e. The van der Waals surface area contributed by atoms with Crippen LogP contribution < -0.4 is 10.9 Å². The van der Waals surface area contributed by atoms with Gasteiger partial charge in [-0.15, -0.1) is 0 Å². The van der Waals surface area contributed by atoms with E-state index in [0.717, 1.165) is 75.6 Å². The lowest BCUT2D eigenvalue weighted by atomic mass is 10.0. The number of rotatable bonds is 42. The number of aryl methyl sites for hydroxylation is 2. The summed E-state index contributed by atoms with van der Waals surface area (Å²) in [6, 6.07) is 9.73. The van der Waals surface area contributed by atoms with Gasteiger partial charge in [0.25, 0.3) is 0 Å². The van der Waals surface area contributed by atoms with Gasteiger partial charge in [0, 0.05) is 34.6 Å². The highest BCUT2D eigenvalue weighted by molar-refractivity contribution is 6.04. The van der Waals surface area contributed by atoms with Gasteiger partial charge < -0.3 is 9.13 Å². The van der Waals surface area contributed by atoms with Gasteiger partial charge in [-0.3, -0.25) is 9.59 Å². The van der Waals surface area contributed by atoms with Crippen LogP contribution in [0.15, 0.2) is 58.1 Å². The first-order valence-electron chi connectivity index (χ1n) is 31.1. The Labute approximate surface area is 453 Å². The maximum absolute atomic E-state index is 14.4. The molecule has 5 aromatic rings. The Morgan fingerprint density at radius 2 is 0.500 bits per heavy atom. The summed E-state index contributed by atoms with van der Waals surface area (Å²) >= 11 is 0. The number of fused-ring (bicyclic) bond motifs is 4. The summed E-state index contributed by atoms with van der Waals surface area (Å²) in [7, 11) is 0. The number of nitrogens with zero attached hydrogens (tertiary/aromatic N) is 2. The molecular weight excluding hydrogens is 967 g/mol. The molecule has 0 amide bonds. The maximum Gasteiger partial charge on any atom is 0.416 e. The first kappa shape index (κ1) is 63.0. The number of pyridine rings is 2. The molecule has 10 heteroatoms. The van der Waals surface area contributed by atoms with Gasteiger partial charge in [0.05, 0.1) is 33.2 Å². The molecule has 0 spiro atoms. The second kappa shape index (κ2) is 34.9. The maximum atomic E-state index is 14.4. The van der Waals surface area contributed by atoms with Crippen molar-refractivity contribution in [1.82, 2.24) is 9.13 Å². The summed E-state index contributed by atoms with van der Waals surface area (Å²) in [6.45, 7) is 5.34. The zero-order chi connectivity index (χ0) is 54.4. The molecule has 0 aliphatic heterocycles. The second-order valence-electron chi connectivity index (χ2n) is 22.7. The van der Waals surface area contributed by atoms with Crippen LogP contribution in [0.4, 0.5) is 26.3 Å². The Hall–Kier alpha value is -3.82. The van der Waals surface area contributed by atoms with Crippen LogP contribution in [-0.2, 0) is 25.4 Å². The van der Waals surface area contributed by atoms with Crippen molar-refractivity contribution < 1.29 is 26.3 Å². The van der Waals surface area contributed by atoms with Gasteiger partial charge >= 0.3 is 12.4 Å². The SMILES string of the molecule is CCCCCCCCCCCCCCCCCCCCCCn1c2ccc(C(F)(F)F)cc2c(=O)c2cc3c(cc21)c(=O)c1cc(C(F)(F)F)ccc1n3CCCCCCCCCCCCCCCCCCCCCC. The summed E-state index contributed by atoms with van der Waals surface area (Å²) in [5.41, 5.74) is -1.48. The number of hydrogen-bond donors (Lipinski definition) is 0. The van der Waals surface area contributed by atoms with Crippen molar-refractivity contribution >= 4 is 43.6 Å². The number of alkyl halides is 6. The van der Waals surface area contributed by atoms with Gasteiger partial charge in [-0.25, -0.2) is 0 Å². The molecule has 0 aliphatic rings. The molecule has 4 nitrogen and oxygen atoms in total. The monoisotopic (exact) mass is 1060 g/mol. The molecule has 0 N–H and O–H groups in total. The lowest BCUT2D eigenvalue weighted by Gasteiger charge is -2.20. The first-order chi connectivity index (χ1) is 36.9. The third-order valence-electron chi connectivity index (χ3n) is 16.4. The summed E-state index contributed by atoms with van der Waals surface area (Å²) < 4.78 is 88.4. The largest absolute Gasteiger partial charge is 0.416 e. The lowest BCUT2D eigenvalue weighted by Crippen LogP contribution is -2.17. The zero-order valence-electron chi connectivity index (χ0n) is 47.3. The van der Waals surface area contributed by atoms with E-state index in [1.807, 2.05) is 9.13 Å². The number of hydrogen-bond acceptors (Lipinski definition) is 2. The third-order valence-corrected chi connectivity index (χ3v) is 16.4. The van der Waals surface area contributed by atoms with Crippen molar-refractivity contribution in [3.05, 3.63) is 80.1 Å². The fourth-order valence-electron chi connectivity index (χ4n) is 11.7. The molecule has 0 atom stereocenters. The molecule has 426 valence electrons. The van der Waals surface area contributed by atoms with Gasteiger partial charge in [-0.1, -0.05) is 258 Å². The van der Waals surface area contributed by atoms with E-state index in [-0.39, 0.29) is 21.5 Å². The van der Waals surface area contributed by atoms with E-state index in [4.69, 9.17) is 0 Å². The lowest BCUT2D eigenvalue weighted by molar-refractivity contribution is -0.138. The highest BCUT2D eigenvalue weighted by Crippen LogP contribution is 2.35. The van der Waals surface area contributed by atoms with Gasteiger partial charge in [0.1, 0.15) is 0 Å². The Morgan fingerprint density at radius 1 is 0.289 bits per heavy atom. The van der Waals surface area contributed by atoms with Crippen LogP contribution in [0.2, 0.25) is 0 Å². The van der Waals surface area contributed by atoms with Crippen LogP contribution >= 0.6 is 0 Å². The van der Waals surface area contributed by atoms with Crippen molar-refractivity contribution in [1.29, 1.82) is 0 Å². The van der Waals surface area contributed by atoms with Gasteiger partial charge in [-0.05, 0) is 61.4 Å². The number of aromatic nitrogens is 2. The molecule has 0 aliphatic carbocycles. The molecule has 3 aromatic carbocycles. The summed E-state index contributed by atoms with van der Waals surface area (Å²) in [6.07, 6.45) is 40.4. The zero-order valence-corrected chi connectivity index (χ0v) is 47.3. The first-order valence-corrected chi connectivity index (χ1v) is 31.1. The molecule has 2 heterocycles. The fourth-order valence-corrected chi connectivity index (χ4v) is 11.7. The van der Waals surface area contributed by atoms with Crippen molar-refractivity contribution in [2.24, 2.45) is 0 Å². The van der Waals surface area contributed by atoms with E-state index in [1.165, 1.54) is 205 Å². The molecule has 0 radical (unpaired) electrons. The van der Waals surface area contributed by atoms with E-state index in [0.29, 0.717) is 48.0 Å². The van der Waals surface area contributed by atoms with Crippen LogP contribution in [-0.4, -0.2) is 9.13 Å². The molecule has 0 fully saturated rings. The van der Waals surface area contributed by atoms with Crippen LogP contribution in [0, 0.1) is 0 Å². The molecule has 0 saturated heterocycles. The van der Waals surface area contributed by atoms with E-state index in [9.17, 15) is 35.9 Å². The van der Waals surface area contributed by atoms with Gasteiger partial charge in [0.15, 0.2) is 10.9 Å². The van der Waals surface area contributed by atoms with E-state index in [1.54, 1.807) is 12.1 Å². The smallest absolute Gasteiger partial charge is 0.340 e. The topological polar surface area (TPSA) is 44.0 Å². The number of benzene rings is 3. The summed E-state index contributed by atoms with van der Waals surface area (Å²) in [5, 5.41) is 0.285. The molecular formula is C66H98F6N2O2. The molecule has 5 rings (SSSR count). The minimum atomic E-state index is -4.66. The molecule has 0 saturated carbocycles. The third kappa shape index (κ3) is 21.1. The quantitative estimate of drug-likeness (QED) is 0.0222. The normalized spacial score (nSPS) is 12.4. The van der Waals surface area contributed by atoms with Crippen LogP contribution in [0.3, 0.4) is 0 Å². The molecule has 0 unspecified atom stereocenters. The Balaban J connectivity index is 1.18. The summed E-state index contributed by atoms with van der Waals surface area (Å²) in [4.78, 5) is 28.8. The average Bonchev–Trinajstić information content (AvgIpc) is 3.46. The Bertz CT molecular complexity index is 2360. The predicted octanol–water partition coefficient (Wildman–Crippen LogP) is 22.3.